The van der Waals surface area contributed by atoms with E-state index in [2.05, 4.69) is 15.5 Å². The van der Waals surface area contributed by atoms with Crippen LogP contribution in [0.25, 0.3) is 33.4 Å². The molecule has 1 fully saturated rings. The summed E-state index contributed by atoms with van der Waals surface area (Å²) < 4.78 is 19.9. The molecule has 9 heteroatoms. The topological polar surface area (TPSA) is 112 Å². The number of hydrogen-bond acceptors (Lipinski definition) is 5. The van der Waals surface area contributed by atoms with Crippen LogP contribution in [0.3, 0.4) is 0 Å². The van der Waals surface area contributed by atoms with Gasteiger partial charge in [0.15, 0.2) is 0 Å². The number of carbonyl (C=O) groups is 3. The number of fused-ring (bicyclic) bond motifs is 1. The van der Waals surface area contributed by atoms with Gasteiger partial charge in [0, 0.05) is 60.0 Å². The molecule has 218 valence electrons. The minimum atomic E-state index is -0.893. The van der Waals surface area contributed by atoms with Gasteiger partial charge in [-0.05, 0) is 74.7 Å². The largest absolute Gasteiger partial charge is 0.481 e. The van der Waals surface area contributed by atoms with Crippen LogP contribution in [0.4, 0.5) is 10.1 Å². The van der Waals surface area contributed by atoms with Gasteiger partial charge >= 0.3 is 5.97 Å². The monoisotopic (exact) mass is 571 g/mol. The zero-order chi connectivity index (χ0) is 30.0. The number of nitrogens with one attached hydrogen (secondary N) is 2. The molecule has 1 aromatic heterocycles. The van der Waals surface area contributed by atoms with Crippen molar-refractivity contribution in [1.82, 2.24) is 10.6 Å². The number of carbonyl (C=O) groups excluding carboxylic acids is 2. The minimum Gasteiger partial charge on any atom is -0.481 e. The van der Waals surface area contributed by atoms with E-state index in [-0.39, 0.29) is 11.8 Å². The number of nitrogens with zero attached hydrogens (tertiary/aromatic N) is 1. The summed E-state index contributed by atoms with van der Waals surface area (Å²) in [5.74, 6) is -2.20. The van der Waals surface area contributed by atoms with Gasteiger partial charge in [0.2, 0.25) is 0 Å². The second-order valence-corrected chi connectivity index (χ2v) is 10.5. The highest BCUT2D eigenvalue weighted by Gasteiger charge is 2.34. The van der Waals surface area contributed by atoms with Crippen LogP contribution < -0.4 is 15.5 Å². The number of carboxylic acids is 1. The summed E-state index contributed by atoms with van der Waals surface area (Å²) in [7, 11) is 1.54. The summed E-state index contributed by atoms with van der Waals surface area (Å²) in [4.78, 5) is 40.2. The molecular weight excluding hydrogens is 537 g/mol. The fourth-order valence-electron chi connectivity index (χ4n) is 5.85. The first-order valence-corrected chi connectivity index (χ1v) is 14.2. The SMILES string of the molecule is CCN(CC)c1cc2oc(-c3ccc(F)cc3)c(C(=O)NC)c2cc1-c1cccc(C(=O)NC2CCCC2C(=O)O)c1. The lowest BCUT2D eigenvalue weighted by atomic mass is 9.96. The number of furan rings is 1. The van der Waals surface area contributed by atoms with Crippen LogP contribution in [0.2, 0.25) is 0 Å². The van der Waals surface area contributed by atoms with E-state index in [1.807, 2.05) is 32.0 Å². The Hall–Kier alpha value is -4.66. The van der Waals surface area contributed by atoms with Crippen LogP contribution in [0.1, 0.15) is 53.8 Å². The highest BCUT2D eigenvalue weighted by Crippen LogP contribution is 2.41. The molecule has 2 amide bonds. The smallest absolute Gasteiger partial charge is 0.308 e. The highest BCUT2D eigenvalue weighted by molar-refractivity contribution is 6.13. The number of hydrogen-bond donors (Lipinski definition) is 3. The zero-order valence-electron chi connectivity index (χ0n) is 23.9. The van der Waals surface area contributed by atoms with Crippen molar-refractivity contribution in [1.29, 1.82) is 0 Å². The molecule has 4 aromatic rings. The number of amides is 2. The molecule has 3 aromatic carbocycles. The summed E-state index contributed by atoms with van der Waals surface area (Å²) in [5.41, 5.74) is 4.27. The number of anilines is 1. The highest BCUT2D eigenvalue weighted by atomic mass is 19.1. The fourth-order valence-corrected chi connectivity index (χ4v) is 5.85. The Morgan fingerprint density at radius 1 is 0.976 bits per heavy atom. The van der Waals surface area contributed by atoms with Crippen molar-refractivity contribution in [3.05, 3.63) is 77.6 Å². The van der Waals surface area contributed by atoms with Crippen LogP contribution in [-0.4, -0.2) is 49.1 Å². The molecular formula is C33H34FN3O5. The molecule has 1 saturated carbocycles. The molecule has 2 unspecified atom stereocenters. The van der Waals surface area contributed by atoms with Crippen LogP contribution in [0.5, 0.6) is 0 Å². The van der Waals surface area contributed by atoms with Crippen LogP contribution in [0.15, 0.2) is 65.1 Å². The van der Waals surface area contributed by atoms with Crippen molar-refractivity contribution in [3.63, 3.8) is 0 Å². The molecule has 0 radical (unpaired) electrons. The summed E-state index contributed by atoms with van der Waals surface area (Å²) in [6.45, 7) is 5.51. The quantitative estimate of drug-likeness (QED) is 0.224. The number of halogens is 1. The van der Waals surface area contributed by atoms with Gasteiger partial charge in [-0.15, -0.1) is 0 Å². The van der Waals surface area contributed by atoms with Crippen molar-refractivity contribution in [2.24, 2.45) is 5.92 Å². The van der Waals surface area contributed by atoms with Crippen LogP contribution in [-0.2, 0) is 4.79 Å². The number of rotatable bonds is 9. The summed E-state index contributed by atoms with van der Waals surface area (Å²) in [5, 5.41) is 15.7. The predicted octanol–water partition coefficient (Wildman–Crippen LogP) is 6.09. The lowest BCUT2D eigenvalue weighted by molar-refractivity contribution is -0.142. The third-order valence-electron chi connectivity index (χ3n) is 8.06. The van der Waals surface area contributed by atoms with Gasteiger partial charge in [-0.1, -0.05) is 18.6 Å². The average molecular weight is 572 g/mol. The average Bonchev–Trinajstić information content (AvgIpc) is 3.62. The maximum Gasteiger partial charge on any atom is 0.308 e. The standard InChI is InChI=1S/C33H34FN3O5/c1-4-37(5-2)27-18-28-25(29(32(39)35-3)30(42-28)19-12-14-22(34)15-13-19)17-24(27)20-8-6-9-21(16-20)31(38)36-26-11-7-10-23(26)33(40)41/h6,8-9,12-18,23,26H,4-5,7,10-11H2,1-3H3,(H,35,39)(H,36,38)(H,40,41). The van der Waals surface area contributed by atoms with Crippen LogP contribution in [0, 0.1) is 11.7 Å². The van der Waals surface area contributed by atoms with E-state index >= 15 is 0 Å². The van der Waals surface area contributed by atoms with Gasteiger partial charge in [0.25, 0.3) is 11.8 Å². The van der Waals surface area contributed by atoms with Gasteiger partial charge in [0.05, 0.1) is 11.5 Å². The van der Waals surface area contributed by atoms with Crippen molar-refractivity contribution in [2.45, 2.75) is 39.2 Å². The molecule has 8 nitrogen and oxygen atoms in total. The van der Waals surface area contributed by atoms with Gasteiger partial charge in [0.1, 0.15) is 17.2 Å². The Morgan fingerprint density at radius 3 is 2.38 bits per heavy atom. The first-order valence-electron chi connectivity index (χ1n) is 14.2. The first kappa shape index (κ1) is 28.9. The Balaban J connectivity index is 1.64. The van der Waals surface area contributed by atoms with Gasteiger partial charge < -0.3 is 25.1 Å². The molecule has 1 heterocycles. The van der Waals surface area contributed by atoms with E-state index in [0.29, 0.717) is 59.4 Å². The number of carboxylic acid groups (broad SMARTS) is 1. The van der Waals surface area contributed by atoms with Gasteiger partial charge in [-0.3, -0.25) is 14.4 Å². The Labute approximate surface area is 243 Å². The lowest BCUT2D eigenvalue weighted by Gasteiger charge is -2.24. The molecule has 42 heavy (non-hydrogen) atoms. The molecule has 0 saturated heterocycles. The second kappa shape index (κ2) is 12.1. The molecule has 3 N–H and O–H groups in total. The molecule has 5 rings (SSSR count). The van der Waals surface area contributed by atoms with E-state index in [4.69, 9.17) is 4.42 Å². The minimum absolute atomic E-state index is 0.326. The zero-order valence-corrected chi connectivity index (χ0v) is 23.9. The lowest BCUT2D eigenvalue weighted by Crippen LogP contribution is -2.40. The predicted molar refractivity (Wildman–Crippen MR) is 160 cm³/mol. The Bertz CT molecular complexity index is 1640. The molecule has 1 aliphatic rings. The van der Waals surface area contributed by atoms with Crippen molar-refractivity contribution >= 4 is 34.4 Å². The fraction of sp³-hybridized carbons (Fsp3) is 0.303. The third-order valence-corrected chi connectivity index (χ3v) is 8.06. The normalized spacial score (nSPS) is 16.4. The molecule has 2 atom stereocenters. The van der Waals surface area contributed by atoms with E-state index < -0.39 is 23.7 Å². The third kappa shape index (κ3) is 5.46. The molecule has 0 aliphatic heterocycles. The number of aliphatic carboxylic acids is 1. The Morgan fingerprint density at radius 2 is 1.71 bits per heavy atom. The maximum absolute atomic E-state index is 13.7. The van der Waals surface area contributed by atoms with Gasteiger partial charge in [-0.25, -0.2) is 4.39 Å². The molecule has 0 spiro atoms. The van der Waals surface area contributed by atoms with Crippen molar-refractivity contribution in [2.75, 3.05) is 25.0 Å². The summed E-state index contributed by atoms with van der Waals surface area (Å²) in [6.07, 6.45) is 1.93. The second-order valence-electron chi connectivity index (χ2n) is 10.5. The molecule has 0 bridgehead atoms. The van der Waals surface area contributed by atoms with Gasteiger partial charge in [-0.2, -0.15) is 0 Å². The maximum atomic E-state index is 13.7. The van der Waals surface area contributed by atoms with E-state index in [1.54, 1.807) is 37.4 Å². The first-order chi connectivity index (χ1) is 20.2. The summed E-state index contributed by atoms with van der Waals surface area (Å²) >= 11 is 0. The summed E-state index contributed by atoms with van der Waals surface area (Å²) in [6, 6.07) is 16.4. The van der Waals surface area contributed by atoms with Crippen molar-refractivity contribution in [3.8, 4) is 22.5 Å². The number of benzene rings is 3. The Kier molecular flexibility index (Phi) is 8.29. The van der Waals surface area contributed by atoms with E-state index in [9.17, 15) is 23.9 Å². The van der Waals surface area contributed by atoms with Crippen molar-refractivity contribution < 1.29 is 28.3 Å². The van der Waals surface area contributed by atoms with E-state index in [1.165, 1.54) is 12.1 Å². The molecule has 1 aliphatic carbocycles. The van der Waals surface area contributed by atoms with E-state index in [0.717, 1.165) is 23.2 Å². The van der Waals surface area contributed by atoms with Crippen LogP contribution >= 0.6 is 0 Å².